The van der Waals surface area contributed by atoms with Gasteiger partial charge in [-0.3, -0.25) is 9.59 Å². The fourth-order valence-electron chi connectivity index (χ4n) is 5.02. The molecule has 0 unspecified atom stereocenters. The van der Waals surface area contributed by atoms with Gasteiger partial charge in [-0.25, -0.2) is 4.79 Å². The van der Waals surface area contributed by atoms with Gasteiger partial charge in [0.2, 0.25) is 5.91 Å². The molecule has 0 aliphatic carbocycles. The fraction of sp³-hybridized carbons (Fsp3) is 0.500. The van der Waals surface area contributed by atoms with Crippen LogP contribution in [-0.4, -0.2) is 85.7 Å². The van der Waals surface area contributed by atoms with Crippen LogP contribution in [0.5, 0.6) is 11.5 Å². The Morgan fingerprint density at radius 3 is 2.45 bits per heavy atom. The minimum absolute atomic E-state index is 0.0445. The molecule has 2 atom stereocenters. The van der Waals surface area contributed by atoms with Gasteiger partial charge >= 0.3 is 12.1 Å². The second-order valence-electron chi connectivity index (χ2n) is 10.6. The predicted molar refractivity (Wildman–Crippen MR) is 156 cm³/mol. The number of aliphatic hydroxyl groups excluding tert-OH is 1. The summed E-state index contributed by atoms with van der Waals surface area (Å²) < 4.78 is 47.8. The maximum atomic E-state index is 12.4. The largest absolute Gasteiger partial charge is 0.488 e. The second kappa shape index (κ2) is 16.1. The summed E-state index contributed by atoms with van der Waals surface area (Å²) in [6.07, 6.45) is -1.55. The van der Waals surface area contributed by atoms with Gasteiger partial charge < -0.3 is 41.0 Å². The molecule has 1 fully saturated rings. The van der Waals surface area contributed by atoms with Crippen LogP contribution in [0.25, 0.3) is 0 Å². The highest BCUT2D eigenvalue weighted by Gasteiger charge is 2.29. The van der Waals surface area contributed by atoms with E-state index in [1.54, 1.807) is 18.2 Å². The summed E-state index contributed by atoms with van der Waals surface area (Å²) >= 11 is 0. The van der Waals surface area contributed by atoms with Gasteiger partial charge in [0.05, 0.1) is 11.3 Å². The monoisotopic (exact) mass is 624 g/mol. The molecule has 242 valence electrons. The summed E-state index contributed by atoms with van der Waals surface area (Å²) in [6.45, 7) is 2.89. The highest BCUT2D eigenvalue weighted by Crippen LogP contribution is 2.33. The molecular weight excluding hydrogens is 585 g/mol. The third-order valence-electron chi connectivity index (χ3n) is 7.00. The second-order valence-corrected chi connectivity index (χ2v) is 10.6. The van der Waals surface area contributed by atoms with Crippen molar-refractivity contribution in [3.05, 3.63) is 53.1 Å². The zero-order valence-electron chi connectivity index (χ0n) is 24.5. The number of carboxylic acid groups (broad SMARTS) is 1. The first-order valence-corrected chi connectivity index (χ1v) is 14.4. The fourth-order valence-corrected chi connectivity index (χ4v) is 5.02. The number of halogens is 3. The number of amides is 2. The molecule has 0 spiro atoms. The number of ether oxygens (including phenoxy) is 2. The highest BCUT2D eigenvalue weighted by atomic mass is 19.4. The van der Waals surface area contributed by atoms with Crippen molar-refractivity contribution in [2.24, 2.45) is 5.73 Å². The number of primary amides is 1. The van der Waals surface area contributed by atoms with Crippen molar-refractivity contribution in [2.75, 3.05) is 44.4 Å². The number of carbonyl (C=O) groups is 3. The number of rotatable bonds is 14. The number of aliphatic hydroxyl groups is 1. The lowest BCUT2D eigenvalue weighted by Gasteiger charge is -2.22. The summed E-state index contributed by atoms with van der Waals surface area (Å²) in [7, 11) is 0. The van der Waals surface area contributed by atoms with Crippen molar-refractivity contribution < 1.29 is 47.2 Å². The van der Waals surface area contributed by atoms with Gasteiger partial charge in [0.1, 0.15) is 12.6 Å². The Labute approximate surface area is 253 Å². The Bertz CT molecular complexity index is 1290. The Balaban J connectivity index is 0.000000502. The quantitative estimate of drug-likeness (QED) is 0.199. The lowest BCUT2D eigenvalue weighted by atomic mass is 9.98. The van der Waals surface area contributed by atoms with E-state index in [9.17, 15) is 27.6 Å². The molecule has 4 rings (SSSR count). The van der Waals surface area contributed by atoms with Crippen LogP contribution in [0.15, 0.2) is 36.4 Å². The van der Waals surface area contributed by atoms with Gasteiger partial charge in [0.15, 0.2) is 18.1 Å². The van der Waals surface area contributed by atoms with Crippen molar-refractivity contribution in [1.82, 2.24) is 10.6 Å². The van der Waals surface area contributed by atoms with Gasteiger partial charge in [-0.1, -0.05) is 18.2 Å². The molecule has 2 aromatic carbocycles. The molecule has 6 N–H and O–H groups in total. The van der Waals surface area contributed by atoms with E-state index in [0.29, 0.717) is 44.3 Å². The summed E-state index contributed by atoms with van der Waals surface area (Å²) in [4.78, 5) is 34.8. The first kappa shape index (κ1) is 34.5. The number of benzene rings is 2. The molecule has 14 heteroatoms. The molecule has 0 radical (unpaired) electrons. The molecule has 1 saturated heterocycles. The molecule has 44 heavy (non-hydrogen) atoms. The van der Waals surface area contributed by atoms with E-state index < -0.39 is 30.7 Å². The van der Waals surface area contributed by atoms with Gasteiger partial charge in [-0.2, -0.15) is 13.2 Å². The average molecular weight is 625 g/mol. The Morgan fingerprint density at radius 2 is 1.89 bits per heavy atom. The molecular formula is C30H39F3N4O7. The van der Waals surface area contributed by atoms with Crippen LogP contribution in [0.2, 0.25) is 0 Å². The van der Waals surface area contributed by atoms with Crippen molar-refractivity contribution in [1.29, 1.82) is 0 Å². The van der Waals surface area contributed by atoms with Crippen LogP contribution >= 0.6 is 0 Å². The number of aliphatic carboxylic acids is 1. The number of carbonyl (C=O) groups excluding carboxylic acids is 2. The number of para-hydroxylation sites is 2. The number of fused-ring (bicyclic) bond motifs is 1. The van der Waals surface area contributed by atoms with Gasteiger partial charge in [-0.15, -0.1) is 0 Å². The number of carboxylic acids is 1. The van der Waals surface area contributed by atoms with Gasteiger partial charge in [-0.05, 0) is 61.9 Å². The molecule has 2 aromatic rings. The van der Waals surface area contributed by atoms with Gasteiger partial charge in [0, 0.05) is 38.7 Å². The van der Waals surface area contributed by atoms with Crippen molar-refractivity contribution in [3.63, 3.8) is 0 Å². The van der Waals surface area contributed by atoms with Crippen LogP contribution < -0.4 is 30.7 Å². The zero-order chi connectivity index (χ0) is 32.3. The van der Waals surface area contributed by atoms with Crippen LogP contribution in [0.4, 0.5) is 18.9 Å². The maximum Gasteiger partial charge on any atom is 0.422 e. The molecule has 2 aliphatic heterocycles. The Morgan fingerprint density at radius 1 is 1.18 bits per heavy atom. The smallest absolute Gasteiger partial charge is 0.422 e. The minimum Gasteiger partial charge on any atom is -0.488 e. The average Bonchev–Trinajstić information content (AvgIpc) is 3.59. The zero-order valence-corrected chi connectivity index (χ0v) is 24.5. The number of nitrogens with two attached hydrogens (primary N) is 1. The molecule has 0 saturated carbocycles. The maximum absolute atomic E-state index is 12.4. The van der Waals surface area contributed by atoms with Crippen molar-refractivity contribution in [2.45, 2.75) is 57.3 Å². The van der Waals surface area contributed by atoms with Crippen LogP contribution in [-0.2, 0) is 22.4 Å². The number of nitrogens with zero attached hydrogens (tertiary/aromatic N) is 1. The molecule has 2 amide bonds. The first-order chi connectivity index (χ1) is 20.9. The summed E-state index contributed by atoms with van der Waals surface area (Å²) in [5.41, 5.74) is 9.12. The van der Waals surface area contributed by atoms with Crippen LogP contribution in [0.3, 0.4) is 0 Å². The summed E-state index contributed by atoms with van der Waals surface area (Å²) in [6, 6.07) is 9.60. The summed E-state index contributed by atoms with van der Waals surface area (Å²) in [5.74, 6) is -1.28. The van der Waals surface area contributed by atoms with Crippen LogP contribution in [0, 0.1) is 0 Å². The Hall–Kier alpha value is -4.04. The van der Waals surface area contributed by atoms with E-state index in [-0.39, 0.29) is 36.7 Å². The van der Waals surface area contributed by atoms with E-state index in [4.69, 9.17) is 25.4 Å². The standard InChI is InChI=1S/C25H32F3N3O4.C5H7NO3/c1-17(30-8-12-34-21-5-2-3-6-22(21)35-16-25(26,27)28)13-18-14-19-7-10-31(9-4-11-32)23(19)20(15-18)24(29)33;7-4-2-1-3(6-4)5(8)9/h2-3,5-6,14-15,17,30,32H,4,7-13,16H2,1H3,(H2,29,33);3H,1-2H2,(H,6,7)(H,8,9)/t17-;3-/m10/s1. The number of hydrogen-bond donors (Lipinski definition) is 5. The van der Waals surface area contributed by atoms with Gasteiger partial charge in [0.25, 0.3) is 5.91 Å². The minimum atomic E-state index is -4.42. The molecule has 0 aromatic heterocycles. The number of anilines is 1. The van der Waals surface area contributed by atoms with E-state index in [2.05, 4.69) is 21.6 Å². The summed E-state index contributed by atoms with van der Waals surface area (Å²) in [5, 5.41) is 23.1. The predicted octanol–water partition coefficient (Wildman–Crippen LogP) is 2.42. The number of hydrogen-bond acceptors (Lipinski definition) is 8. The molecule has 2 heterocycles. The van der Waals surface area contributed by atoms with Crippen molar-refractivity contribution >= 4 is 23.5 Å². The Kier molecular flexibility index (Phi) is 12.6. The topological polar surface area (TPSA) is 163 Å². The SMILES string of the molecule is C[C@H](Cc1cc2c(c(C(N)=O)c1)N(CCCO)CC2)NCCOc1ccccc1OCC(F)(F)F.O=C1CC[C@@H](C(=O)O)N1. The lowest BCUT2D eigenvalue weighted by molar-refractivity contribution is -0.153. The third kappa shape index (κ3) is 10.6. The third-order valence-corrected chi connectivity index (χ3v) is 7.00. The number of alkyl halides is 3. The normalized spacial score (nSPS) is 16.4. The van der Waals surface area contributed by atoms with E-state index >= 15 is 0 Å². The lowest BCUT2D eigenvalue weighted by Crippen LogP contribution is -2.32. The van der Waals surface area contributed by atoms with Crippen molar-refractivity contribution in [3.8, 4) is 11.5 Å². The molecule has 2 aliphatic rings. The first-order valence-electron chi connectivity index (χ1n) is 14.4. The van der Waals surface area contributed by atoms with E-state index in [1.807, 2.05) is 13.0 Å². The highest BCUT2D eigenvalue weighted by molar-refractivity contribution is 6.00. The van der Waals surface area contributed by atoms with Crippen LogP contribution in [0.1, 0.15) is 47.7 Å². The number of nitrogens with one attached hydrogen (secondary N) is 2. The molecule has 0 bridgehead atoms. The van der Waals surface area contributed by atoms with E-state index in [0.717, 1.165) is 29.8 Å². The van der Waals surface area contributed by atoms with E-state index in [1.165, 1.54) is 6.07 Å². The molecule has 11 nitrogen and oxygen atoms in total.